The molecule has 2 aliphatic rings. The van der Waals surface area contributed by atoms with Gasteiger partial charge in [0.15, 0.2) is 0 Å². The van der Waals surface area contributed by atoms with E-state index in [0.717, 1.165) is 31.7 Å². The Labute approximate surface area is 173 Å². The number of hydrogen-bond acceptors (Lipinski definition) is 4. The van der Waals surface area contributed by atoms with Crippen LogP contribution in [0.5, 0.6) is 0 Å². The molecule has 0 aliphatic carbocycles. The van der Waals surface area contributed by atoms with Gasteiger partial charge in [0.25, 0.3) is 0 Å². The van der Waals surface area contributed by atoms with Gasteiger partial charge in [-0.3, -0.25) is 9.88 Å². The number of fused-ring (bicyclic) bond motifs is 1. The minimum absolute atomic E-state index is 0.405. The first-order chi connectivity index (χ1) is 14.2. The Hall–Kier alpha value is -2.24. The SMILES string of the molecule is Cc1cccnc1C1CCCN1Cc1nc2ccccc2n1C1CCN(C)CC1. The lowest BCUT2D eigenvalue weighted by Gasteiger charge is -2.32. The molecule has 3 aromatic rings. The first-order valence-corrected chi connectivity index (χ1v) is 11.0. The molecule has 0 saturated carbocycles. The van der Waals surface area contributed by atoms with Crippen molar-refractivity contribution in [3.8, 4) is 0 Å². The van der Waals surface area contributed by atoms with Gasteiger partial charge in [-0.2, -0.15) is 0 Å². The van der Waals surface area contributed by atoms with Crippen molar-refractivity contribution in [3.63, 3.8) is 0 Å². The molecule has 0 amide bonds. The van der Waals surface area contributed by atoms with Crippen LogP contribution in [0.3, 0.4) is 0 Å². The number of piperidine rings is 1. The van der Waals surface area contributed by atoms with Gasteiger partial charge in [0.05, 0.1) is 29.3 Å². The Morgan fingerprint density at radius 1 is 1.00 bits per heavy atom. The molecule has 2 aromatic heterocycles. The molecule has 1 unspecified atom stereocenters. The van der Waals surface area contributed by atoms with Crippen LogP contribution in [0.4, 0.5) is 0 Å². The quantitative estimate of drug-likeness (QED) is 0.665. The fraction of sp³-hybridized carbons (Fsp3) is 0.500. The first-order valence-electron chi connectivity index (χ1n) is 11.0. The standard InChI is InChI=1S/C24H31N5/c1-18-7-5-13-25-24(18)22-10-6-14-28(22)17-23-26-20-8-3-4-9-21(20)29(23)19-11-15-27(2)16-12-19/h3-5,7-9,13,19,22H,6,10-12,14-17H2,1-2H3. The van der Waals surface area contributed by atoms with Crippen LogP contribution < -0.4 is 0 Å². The number of benzene rings is 1. The van der Waals surface area contributed by atoms with Crippen molar-refractivity contribution < 1.29 is 0 Å². The summed E-state index contributed by atoms with van der Waals surface area (Å²) in [6.45, 7) is 6.54. The lowest BCUT2D eigenvalue weighted by molar-refractivity contribution is 0.205. The number of para-hydroxylation sites is 2. The van der Waals surface area contributed by atoms with Gasteiger partial charge in [-0.1, -0.05) is 18.2 Å². The van der Waals surface area contributed by atoms with E-state index >= 15 is 0 Å². The number of rotatable bonds is 4. The van der Waals surface area contributed by atoms with E-state index in [9.17, 15) is 0 Å². The zero-order valence-electron chi connectivity index (χ0n) is 17.6. The van der Waals surface area contributed by atoms with E-state index < -0.39 is 0 Å². The smallest absolute Gasteiger partial charge is 0.124 e. The van der Waals surface area contributed by atoms with Gasteiger partial charge in [-0.15, -0.1) is 0 Å². The highest BCUT2D eigenvalue weighted by atomic mass is 15.2. The van der Waals surface area contributed by atoms with Gasteiger partial charge in [-0.05, 0) is 83.1 Å². The molecule has 0 N–H and O–H groups in total. The molecule has 5 rings (SSSR count). The Morgan fingerprint density at radius 3 is 2.66 bits per heavy atom. The highest BCUT2D eigenvalue weighted by molar-refractivity contribution is 5.76. The second kappa shape index (κ2) is 7.88. The number of nitrogens with zero attached hydrogens (tertiary/aromatic N) is 5. The third-order valence-corrected chi connectivity index (χ3v) is 6.80. The first kappa shape index (κ1) is 18.8. The summed E-state index contributed by atoms with van der Waals surface area (Å²) in [5.74, 6) is 1.22. The van der Waals surface area contributed by atoms with Gasteiger partial charge >= 0.3 is 0 Å². The molecule has 0 radical (unpaired) electrons. The fourth-order valence-corrected chi connectivity index (χ4v) is 5.22. The molecule has 5 heteroatoms. The molecule has 0 bridgehead atoms. The molecule has 4 heterocycles. The van der Waals surface area contributed by atoms with E-state index in [1.165, 1.54) is 48.3 Å². The normalized spacial score (nSPS) is 21.9. The lowest BCUT2D eigenvalue weighted by atomic mass is 10.0. The van der Waals surface area contributed by atoms with Crippen LogP contribution in [0.25, 0.3) is 11.0 Å². The highest BCUT2D eigenvalue weighted by Gasteiger charge is 2.31. The maximum atomic E-state index is 5.11. The van der Waals surface area contributed by atoms with Gasteiger partial charge < -0.3 is 9.47 Å². The maximum Gasteiger partial charge on any atom is 0.124 e. The summed E-state index contributed by atoms with van der Waals surface area (Å²) in [4.78, 5) is 14.9. The maximum absolute atomic E-state index is 5.11. The molecule has 29 heavy (non-hydrogen) atoms. The van der Waals surface area contributed by atoms with Crippen LogP contribution in [0.1, 0.15) is 54.8 Å². The minimum Gasteiger partial charge on any atom is -0.324 e. The number of pyridine rings is 1. The molecule has 1 atom stereocenters. The van der Waals surface area contributed by atoms with Crippen LogP contribution in [-0.2, 0) is 6.54 Å². The van der Waals surface area contributed by atoms with E-state index in [1.54, 1.807) is 0 Å². The number of aromatic nitrogens is 3. The summed E-state index contributed by atoms with van der Waals surface area (Å²) in [6.07, 6.45) is 6.76. The lowest BCUT2D eigenvalue weighted by Crippen LogP contribution is -2.33. The van der Waals surface area contributed by atoms with Crippen LogP contribution in [0.15, 0.2) is 42.6 Å². The highest BCUT2D eigenvalue weighted by Crippen LogP contribution is 2.35. The predicted molar refractivity (Wildman–Crippen MR) is 117 cm³/mol. The van der Waals surface area contributed by atoms with E-state index in [1.807, 2.05) is 12.3 Å². The Morgan fingerprint density at radius 2 is 1.83 bits per heavy atom. The number of likely N-dealkylation sites (tertiary alicyclic amines) is 2. The second-order valence-corrected chi connectivity index (χ2v) is 8.76. The Balaban J connectivity index is 1.48. The molecule has 152 valence electrons. The number of hydrogen-bond donors (Lipinski definition) is 0. The van der Waals surface area contributed by atoms with Crippen LogP contribution >= 0.6 is 0 Å². The number of imidazole rings is 1. The Kier molecular flexibility index (Phi) is 5.10. The van der Waals surface area contributed by atoms with E-state index in [4.69, 9.17) is 9.97 Å². The Bertz CT molecular complexity index is 986. The van der Waals surface area contributed by atoms with Gasteiger partial charge in [0, 0.05) is 12.2 Å². The van der Waals surface area contributed by atoms with Crippen LogP contribution in [-0.4, -0.2) is 51.0 Å². The van der Waals surface area contributed by atoms with Crippen molar-refractivity contribution in [3.05, 3.63) is 59.7 Å². The van der Waals surface area contributed by atoms with Crippen LogP contribution in [0, 0.1) is 6.92 Å². The third-order valence-electron chi connectivity index (χ3n) is 6.80. The van der Waals surface area contributed by atoms with Crippen molar-refractivity contribution in [2.75, 3.05) is 26.7 Å². The fourth-order valence-electron chi connectivity index (χ4n) is 5.22. The molecule has 2 aliphatic heterocycles. The second-order valence-electron chi connectivity index (χ2n) is 8.76. The third kappa shape index (κ3) is 3.58. The van der Waals surface area contributed by atoms with Crippen molar-refractivity contribution in [1.29, 1.82) is 0 Å². The molecule has 0 spiro atoms. The topological polar surface area (TPSA) is 37.2 Å². The summed E-state index contributed by atoms with van der Waals surface area (Å²) in [7, 11) is 2.23. The van der Waals surface area contributed by atoms with Crippen molar-refractivity contribution in [2.45, 2.75) is 51.2 Å². The van der Waals surface area contributed by atoms with Gasteiger partial charge in [0.1, 0.15) is 5.82 Å². The molecular weight excluding hydrogens is 358 g/mol. The monoisotopic (exact) mass is 389 g/mol. The van der Waals surface area contributed by atoms with Crippen molar-refractivity contribution in [2.24, 2.45) is 0 Å². The minimum atomic E-state index is 0.405. The van der Waals surface area contributed by atoms with E-state index in [2.05, 4.69) is 58.7 Å². The summed E-state index contributed by atoms with van der Waals surface area (Å²) in [5, 5.41) is 0. The zero-order valence-corrected chi connectivity index (χ0v) is 17.6. The molecule has 5 nitrogen and oxygen atoms in total. The predicted octanol–water partition coefficient (Wildman–Crippen LogP) is 4.34. The molecule has 1 aromatic carbocycles. The van der Waals surface area contributed by atoms with E-state index in [-0.39, 0.29) is 0 Å². The summed E-state index contributed by atoms with van der Waals surface area (Å²) in [6, 6.07) is 13.8. The average Bonchev–Trinajstić information content (AvgIpc) is 3.33. The summed E-state index contributed by atoms with van der Waals surface area (Å²) >= 11 is 0. The largest absolute Gasteiger partial charge is 0.324 e. The van der Waals surface area contributed by atoms with E-state index in [0.29, 0.717) is 12.1 Å². The zero-order chi connectivity index (χ0) is 19.8. The molecule has 2 saturated heterocycles. The van der Waals surface area contributed by atoms with Crippen molar-refractivity contribution in [1.82, 2.24) is 24.3 Å². The number of aryl methyl sites for hydroxylation is 1. The molecule has 2 fully saturated rings. The van der Waals surface area contributed by atoms with Gasteiger partial charge in [-0.25, -0.2) is 4.98 Å². The van der Waals surface area contributed by atoms with Crippen molar-refractivity contribution >= 4 is 11.0 Å². The average molecular weight is 390 g/mol. The van der Waals surface area contributed by atoms with Gasteiger partial charge in [0.2, 0.25) is 0 Å². The molecular formula is C24H31N5. The summed E-state index contributed by atoms with van der Waals surface area (Å²) < 4.78 is 2.56. The summed E-state index contributed by atoms with van der Waals surface area (Å²) in [5.41, 5.74) is 4.97. The van der Waals surface area contributed by atoms with Crippen LogP contribution in [0.2, 0.25) is 0 Å².